The van der Waals surface area contributed by atoms with Crippen LogP contribution in [0.4, 0.5) is 0 Å². The van der Waals surface area contributed by atoms with Crippen LogP contribution in [0.15, 0.2) is 60.8 Å². The molecule has 2 saturated heterocycles. The Morgan fingerprint density at radius 3 is 1.97 bits per heavy atom. The second kappa shape index (κ2) is 41.2. The SMILES string of the molecule is CC.CC.CCC(C)[C@H](C)C(CC(=O)N1CCC[C@H]1C(OC)C(C)C(=O)N[C@@H](Cc1c[nH]c2ccccc12)C(=O)OCc1ccccc1)OC.CC[C@H]1C(=O)N(CCCCCC(=O)NNC(=O)CCCN(C)C(C(=O)N[C@H](C(C)=O)C(C)C)C(C)C)C1C. The van der Waals surface area contributed by atoms with Crippen LogP contribution in [0.5, 0.6) is 0 Å². The van der Waals surface area contributed by atoms with E-state index in [-0.39, 0.29) is 103 Å². The van der Waals surface area contributed by atoms with E-state index in [9.17, 15) is 38.4 Å². The second-order valence-electron chi connectivity index (χ2n) is 24.0. The molecule has 3 heterocycles. The number of hydrogen-bond acceptors (Lipinski definition) is 12. The number of ketones is 1. The number of carbonyl (C=O) groups is 8. The minimum Gasteiger partial charge on any atom is -0.459 e. The number of benzene rings is 2. The standard InChI is InChI=1S/C37H51N3O6.C28H51N5O5.2C2H6/c1-7-24(2)25(3)33(44-5)21-34(41)40-19-13-18-32(40)35(45-6)26(4)36(42)39-31(37(43)46-23-27-14-9-8-10-15-27)20-28-22-38-30-17-12-11-16-29(28)30;1-9-22-20(6)33(28(22)38)17-12-10-11-14-23(35)30-31-24(36)15-13-16-32(8)26(19(4)5)27(37)29-25(18(2)3)21(7)34;2*1-2/h8-12,14-17,22,24-26,31-33,35,38H,7,13,18-21,23H2,1-6H3,(H,39,42);18-20,22,25-26H,9-17H2,1-8H3,(H,29,37)(H,30,35)(H,31,36);2*1-2H3/t24?,25-,26?,31-,32-,33?,35?;20?,22-,25+,26?;;/m01../s1. The van der Waals surface area contributed by atoms with Crippen LogP contribution >= 0.6 is 0 Å². The van der Waals surface area contributed by atoms with Crippen LogP contribution in [0.25, 0.3) is 10.9 Å². The Bertz CT molecular complexity index is 2580. The van der Waals surface area contributed by atoms with Gasteiger partial charge < -0.3 is 39.6 Å². The van der Waals surface area contributed by atoms with Crippen LogP contribution in [0, 0.1) is 35.5 Å². The molecular formula is C69H114N8O11. The second-order valence-corrected chi connectivity index (χ2v) is 24.0. The molecule has 6 amide bonds. The Labute approximate surface area is 528 Å². The van der Waals surface area contributed by atoms with Gasteiger partial charge in [-0.25, -0.2) is 4.79 Å². The van der Waals surface area contributed by atoms with Crippen molar-refractivity contribution in [3.8, 4) is 0 Å². The fourth-order valence-corrected chi connectivity index (χ4v) is 11.9. The van der Waals surface area contributed by atoms with E-state index in [0.717, 1.165) is 67.1 Å². The number of methoxy groups -OCH3 is 2. The van der Waals surface area contributed by atoms with Crippen molar-refractivity contribution in [2.45, 2.75) is 230 Å². The minimum absolute atomic E-state index is 0.00183. The Morgan fingerprint density at radius 1 is 0.773 bits per heavy atom. The van der Waals surface area contributed by atoms with Crippen molar-refractivity contribution in [3.05, 3.63) is 71.9 Å². The van der Waals surface area contributed by atoms with E-state index >= 15 is 0 Å². The van der Waals surface area contributed by atoms with E-state index in [2.05, 4.69) is 54.2 Å². The number of amides is 6. The maximum Gasteiger partial charge on any atom is 0.329 e. The number of nitrogens with zero attached hydrogens (tertiary/aromatic N) is 3. The third kappa shape index (κ3) is 24.0. The number of carbonyl (C=O) groups excluding carboxylic acids is 8. The molecule has 0 bridgehead atoms. The number of likely N-dealkylation sites (N-methyl/N-ethyl adjacent to an activating group) is 1. The number of hydrogen-bond donors (Lipinski definition) is 5. The number of ether oxygens (including phenoxy) is 3. The van der Waals surface area contributed by atoms with Crippen LogP contribution in [0.3, 0.4) is 0 Å². The predicted octanol–water partition coefficient (Wildman–Crippen LogP) is 10.1. The lowest BCUT2D eigenvalue weighted by Crippen LogP contribution is -2.59. The molecule has 19 nitrogen and oxygen atoms in total. The number of fused-ring (bicyclic) bond motifs is 1. The summed E-state index contributed by atoms with van der Waals surface area (Å²) in [6, 6.07) is 15.5. The molecule has 0 aliphatic carbocycles. The van der Waals surface area contributed by atoms with Gasteiger partial charge in [0.2, 0.25) is 35.4 Å². The van der Waals surface area contributed by atoms with Crippen molar-refractivity contribution in [1.82, 2.24) is 41.2 Å². The molecule has 3 aromatic rings. The van der Waals surface area contributed by atoms with Gasteiger partial charge in [-0.3, -0.25) is 49.3 Å². The van der Waals surface area contributed by atoms with Crippen LogP contribution < -0.4 is 21.5 Å². The summed E-state index contributed by atoms with van der Waals surface area (Å²) in [6.45, 7) is 31.5. The molecule has 6 unspecified atom stereocenters. The van der Waals surface area contributed by atoms with Crippen molar-refractivity contribution in [2.75, 3.05) is 40.9 Å². The lowest BCUT2D eigenvalue weighted by Gasteiger charge is -2.45. The number of unbranched alkanes of at least 4 members (excludes halogenated alkanes) is 2. The van der Waals surface area contributed by atoms with Gasteiger partial charge in [-0.1, -0.05) is 151 Å². The first kappa shape index (κ1) is 77.9. The molecule has 496 valence electrons. The van der Waals surface area contributed by atoms with Crippen LogP contribution in [0.1, 0.15) is 186 Å². The van der Waals surface area contributed by atoms with E-state index in [1.807, 2.05) is 145 Å². The monoisotopic (exact) mass is 1230 g/mol. The van der Waals surface area contributed by atoms with E-state index in [1.54, 1.807) is 21.1 Å². The van der Waals surface area contributed by atoms with Gasteiger partial charge >= 0.3 is 5.97 Å². The van der Waals surface area contributed by atoms with Crippen LogP contribution in [-0.4, -0.2) is 150 Å². The molecule has 19 heteroatoms. The summed E-state index contributed by atoms with van der Waals surface area (Å²) in [5.41, 5.74) is 7.63. The molecular weight excluding hydrogens is 1120 g/mol. The van der Waals surface area contributed by atoms with E-state index < -0.39 is 36.1 Å². The molecule has 2 aliphatic rings. The Morgan fingerprint density at radius 2 is 1.40 bits per heavy atom. The third-order valence-corrected chi connectivity index (χ3v) is 17.4. The minimum atomic E-state index is -0.916. The number of aromatic nitrogens is 1. The van der Waals surface area contributed by atoms with E-state index in [1.165, 1.54) is 6.92 Å². The van der Waals surface area contributed by atoms with E-state index in [0.29, 0.717) is 44.3 Å². The smallest absolute Gasteiger partial charge is 0.329 e. The maximum absolute atomic E-state index is 13.8. The van der Waals surface area contributed by atoms with Gasteiger partial charge in [0.05, 0.1) is 48.6 Å². The number of esters is 1. The molecule has 0 radical (unpaired) electrons. The third-order valence-electron chi connectivity index (χ3n) is 17.4. The van der Waals surface area contributed by atoms with Gasteiger partial charge in [0.1, 0.15) is 12.6 Å². The van der Waals surface area contributed by atoms with Gasteiger partial charge in [0, 0.05) is 69.7 Å². The average Bonchev–Trinajstić information content (AvgIpc) is 1.70. The van der Waals surface area contributed by atoms with Crippen molar-refractivity contribution >= 4 is 58.1 Å². The number of para-hydroxylation sites is 1. The Balaban J connectivity index is 0.000000578. The Kier molecular flexibility index (Phi) is 36.5. The first-order valence-electron chi connectivity index (χ1n) is 32.8. The molecule has 0 spiro atoms. The van der Waals surface area contributed by atoms with Crippen molar-refractivity contribution in [2.24, 2.45) is 35.5 Å². The topological polar surface area (TPSA) is 238 Å². The normalized spacial score (nSPS) is 18.1. The highest BCUT2D eigenvalue weighted by Crippen LogP contribution is 2.31. The number of hydrazine groups is 1. The van der Waals surface area contributed by atoms with Gasteiger partial charge in [-0.15, -0.1) is 0 Å². The number of likely N-dealkylation sites (tertiary alicyclic amines) is 2. The highest BCUT2D eigenvalue weighted by atomic mass is 16.5. The highest BCUT2D eigenvalue weighted by Gasteiger charge is 2.43. The molecule has 5 N–H and O–H groups in total. The predicted molar refractivity (Wildman–Crippen MR) is 349 cm³/mol. The van der Waals surface area contributed by atoms with Crippen LogP contribution in [-0.2, 0) is 65.6 Å². The first-order valence-corrected chi connectivity index (χ1v) is 32.8. The summed E-state index contributed by atoms with van der Waals surface area (Å²) in [4.78, 5) is 111. The zero-order valence-corrected chi connectivity index (χ0v) is 56.9. The first-order chi connectivity index (χ1) is 42.0. The highest BCUT2D eigenvalue weighted by molar-refractivity contribution is 5.91. The van der Waals surface area contributed by atoms with Crippen LogP contribution in [0.2, 0.25) is 0 Å². The number of nitrogens with one attached hydrogen (secondary N) is 5. The average molecular weight is 1230 g/mol. The summed E-state index contributed by atoms with van der Waals surface area (Å²) in [5, 5.41) is 6.85. The van der Waals surface area contributed by atoms with Gasteiger partial charge in [0.25, 0.3) is 0 Å². The number of β-lactam (4-membered cyclic amide) rings is 1. The van der Waals surface area contributed by atoms with E-state index in [4.69, 9.17) is 14.2 Å². The molecule has 88 heavy (non-hydrogen) atoms. The van der Waals surface area contributed by atoms with Gasteiger partial charge in [-0.05, 0) is 107 Å². The zero-order chi connectivity index (χ0) is 66.2. The summed E-state index contributed by atoms with van der Waals surface area (Å²) in [5.74, 6) is -1.15. The molecule has 11 atom stereocenters. The molecule has 1 aromatic heterocycles. The molecule has 2 aromatic carbocycles. The summed E-state index contributed by atoms with van der Waals surface area (Å²) in [6.07, 6.45) is 8.59. The fourth-order valence-electron chi connectivity index (χ4n) is 11.9. The number of aromatic amines is 1. The summed E-state index contributed by atoms with van der Waals surface area (Å²) in [7, 11) is 5.08. The fraction of sp³-hybridized carbons (Fsp3) is 0.681. The van der Waals surface area contributed by atoms with Gasteiger partial charge in [0.15, 0.2) is 5.78 Å². The number of H-pyrrole nitrogens is 1. The number of rotatable bonds is 33. The lowest BCUT2D eigenvalue weighted by atomic mass is 9.86. The summed E-state index contributed by atoms with van der Waals surface area (Å²) < 4.78 is 17.4. The lowest BCUT2D eigenvalue weighted by molar-refractivity contribution is -0.155. The zero-order valence-electron chi connectivity index (χ0n) is 56.9. The molecule has 2 fully saturated rings. The largest absolute Gasteiger partial charge is 0.459 e. The van der Waals surface area contributed by atoms with Crippen molar-refractivity contribution in [3.63, 3.8) is 0 Å². The quantitative estimate of drug-likeness (QED) is 0.0166. The van der Waals surface area contributed by atoms with Crippen molar-refractivity contribution < 1.29 is 52.6 Å². The van der Waals surface area contributed by atoms with Crippen molar-refractivity contribution in [1.29, 1.82) is 0 Å². The molecule has 2 aliphatic heterocycles. The number of Topliss-reactive ketones (excluding diaryl/α,β-unsaturated/α-hetero) is 1. The molecule has 5 rings (SSSR count). The summed E-state index contributed by atoms with van der Waals surface area (Å²) >= 11 is 0. The maximum atomic E-state index is 13.8. The van der Waals surface area contributed by atoms with Gasteiger partial charge in [-0.2, -0.15) is 0 Å². The molecule has 0 saturated carbocycles. The Hall–Kier alpha value is -6.18.